The average molecular weight is 408 g/mol. The van der Waals surface area contributed by atoms with Crippen molar-refractivity contribution < 1.29 is 18.7 Å². The van der Waals surface area contributed by atoms with Gasteiger partial charge in [-0.2, -0.15) is 5.10 Å². The van der Waals surface area contributed by atoms with Gasteiger partial charge in [-0.25, -0.2) is 4.39 Å². The standard InChI is InChI=1S/C22H21FN4O3/c23-16-6-3-14(4-7-16)18-11-21(26-25-18)27-9-1-2-17(12-27)24-22(28)15-5-8-19-20(10-15)30-13-29-19/h3-8,10-11,17H,1-2,9,12-13H2,(H,24,28)(H,25,26). The van der Waals surface area contributed by atoms with Crippen LogP contribution < -0.4 is 19.7 Å². The molecule has 0 spiro atoms. The van der Waals surface area contributed by atoms with Crippen LogP contribution in [0.15, 0.2) is 48.5 Å². The third-order valence-electron chi connectivity index (χ3n) is 5.43. The lowest BCUT2D eigenvalue weighted by atomic mass is 10.0. The minimum atomic E-state index is -0.268. The van der Waals surface area contributed by atoms with E-state index < -0.39 is 0 Å². The van der Waals surface area contributed by atoms with Crippen molar-refractivity contribution >= 4 is 11.7 Å². The number of piperidine rings is 1. The van der Waals surface area contributed by atoms with Gasteiger partial charge in [0.15, 0.2) is 17.3 Å². The van der Waals surface area contributed by atoms with E-state index in [0.29, 0.717) is 23.6 Å². The average Bonchev–Trinajstić information content (AvgIpc) is 3.44. The number of carbonyl (C=O) groups is 1. The molecule has 1 atom stereocenters. The molecular weight excluding hydrogens is 387 g/mol. The Morgan fingerprint density at radius 2 is 1.97 bits per heavy atom. The lowest BCUT2D eigenvalue weighted by Gasteiger charge is -2.33. The molecule has 2 aliphatic heterocycles. The van der Waals surface area contributed by atoms with Gasteiger partial charge in [-0.1, -0.05) is 0 Å². The molecule has 3 heterocycles. The van der Waals surface area contributed by atoms with Crippen molar-refractivity contribution in [1.29, 1.82) is 0 Å². The second-order valence-electron chi connectivity index (χ2n) is 7.47. The molecule has 2 aromatic carbocycles. The number of hydrogen-bond donors (Lipinski definition) is 2. The molecule has 2 aliphatic rings. The molecule has 1 aromatic heterocycles. The zero-order chi connectivity index (χ0) is 20.5. The first-order valence-electron chi connectivity index (χ1n) is 9.92. The summed E-state index contributed by atoms with van der Waals surface area (Å²) in [5.41, 5.74) is 2.26. The van der Waals surface area contributed by atoms with Gasteiger partial charge in [0.1, 0.15) is 5.82 Å². The van der Waals surface area contributed by atoms with Crippen molar-refractivity contribution in [2.24, 2.45) is 0 Å². The van der Waals surface area contributed by atoms with Crippen LogP contribution in [0, 0.1) is 5.82 Å². The zero-order valence-corrected chi connectivity index (χ0v) is 16.2. The van der Waals surface area contributed by atoms with Crippen molar-refractivity contribution in [3.63, 3.8) is 0 Å². The van der Waals surface area contributed by atoms with Crippen LogP contribution in [-0.4, -0.2) is 42.0 Å². The van der Waals surface area contributed by atoms with Crippen LogP contribution in [0.1, 0.15) is 23.2 Å². The summed E-state index contributed by atoms with van der Waals surface area (Å²) in [5, 5.41) is 10.5. The molecule has 1 unspecified atom stereocenters. The van der Waals surface area contributed by atoms with E-state index in [2.05, 4.69) is 20.4 Å². The number of anilines is 1. The van der Waals surface area contributed by atoms with E-state index in [-0.39, 0.29) is 24.6 Å². The molecule has 3 aromatic rings. The maximum atomic E-state index is 13.2. The molecule has 7 nitrogen and oxygen atoms in total. The summed E-state index contributed by atoms with van der Waals surface area (Å²) in [4.78, 5) is 14.8. The van der Waals surface area contributed by atoms with E-state index in [1.807, 2.05) is 6.07 Å². The summed E-state index contributed by atoms with van der Waals surface area (Å²) >= 11 is 0. The highest BCUT2D eigenvalue weighted by Gasteiger charge is 2.24. The topological polar surface area (TPSA) is 79.5 Å². The minimum absolute atomic E-state index is 0.0163. The summed E-state index contributed by atoms with van der Waals surface area (Å²) in [7, 11) is 0. The van der Waals surface area contributed by atoms with Gasteiger partial charge in [0.25, 0.3) is 5.91 Å². The monoisotopic (exact) mass is 408 g/mol. The van der Waals surface area contributed by atoms with E-state index in [1.54, 1.807) is 30.3 Å². The summed E-state index contributed by atoms with van der Waals surface area (Å²) < 4.78 is 23.8. The number of carbonyl (C=O) groups excluding carboxylic acids is 1. The molecule has 0 aliphatic carbocycles. The van der Waals surface area contributed by atoms with Crippen molar-refractivity contribution in [1.82, 2.24) is 15.5 Å². The molecule has 30 heavy (non-hydrogen) atoms. The number of aromatic amines is 1. The fraction of sp³-hybridized carbons (Fsp3) is 0.273. The van der Waals surface area contributed by atoms with E-state index >= 15 is 0 Å². The van der Waals surface area contributed by atoms with Crippen LogP contribution in [-0.2, 0) is 0 Å². The maximum Gasteiger partial charge on any atom is 0.251 e. The van der Waals surface area contributed by atoms with Crippen LogP contribution in [0.3, 0.4) is 0 Å². The van der Waals surface area contributed by atoms with E-state index in [9.17, 15) is 9.18 Å². The Labute approximate surface area is 172 Å². The molecule has 1 fully saturated rings. The van der Waals surface area contributed by atoms with Crippen molar-refractivity contribution in [3.05, 3.63) is 59.9 Å². The molecular formula is C22H21FN4O3. The predicted molar refractivity (Wildman–Crippen MR) is 109 cm³/mol. The molecule has 1 amide bonds. The molecule has 5 rings (SSSR count). The number of ether oxygens (including phenoxy) is 2. The SMILES string of the molecule is O=C(NC1CCCN(c2cc(-c3ccc(F)cc3)[nH]n2)C1)c1ccc2c(c1)OCO2. The van der Waals surface area contributed by atoms with E-state index in [4.69, 9.17) is 9.47 Å². The minimum Gasteiger partial charge on any atom is -0.454 e. The Morgan fingerprint density at radius 3 is 2.83 bits per heavy atom. The normalized spacial score (nSPS) is 17.8. The second-order valence-corrected chi connectivity index (χ2v) is 7.47. The number of fused-ring (bicyclic) bond motifs is 1. The fourth-order valence-electron chi connectivity index (χ4n) is 3.86. The Balaban J connectivity index is 1.25. The number of H-pyrrole nitrogens is 1. The maximum absolute atomic E-state index is 13.2. The predicted octanol–water partition coefficient (Wildman–Crippen LogP) is 3.34. The third-order valence-corrected chi connectivity index (χ3v) is 5.43. The largest absolute Gasteiger partial charge is 0.454 e. The molecule has 1 saturated heterocycles. The highest BCUT2D eigenvalue weighted by molar-refractivity contribution is 5.95. The van der Waals surface area contributed by atoms with Crippen molar-refractivity contribution in [2.45, 2.75) is 18.9 Å². The Hall–Kier alpha value is -3.55. The van der Waals surface area contributed by atoms with E-state index in [1.165, 1.54) is 12.1 Å². The van der Waals surface area contributed by atoms with Crippen LogP contribution in [0.5, 0.6) is 11.5 Å². The van der Waals surface area contributed by atoms with Crippen molar-refractivity contribution in [2.75, 3.05) is 24.8 Å². The first-order chi connectivity index (χ1) is 14.7. The fourth-order valence-corrected chi connectivity index (χ4v) is 3.86. The molecule has 0 bridgehead atoms. The lowest BCUT2D eigenvalue weighted by molar-refractivity contribution is 0.0932. The van der Waals surface area contributed by atoms with Gasteiger partial charge in [0, 0.05) is 30.8 Å². The summed E-state index contributed by atoms with van der Waals surface area (Å²) in [6.07, 6.45) is 1.85. The number of hydrogen-bond acceptors (Lipinski definition) is 5. The van der Waals surface area contributed by atoms with Crippen LogP contribution in [0.25, 0.3) is 11.3 Å². The second kappa shape index (κ2) is 7.70. The highest BCUT2D eigenvalue weighted by Crippen LogP contribution is 2.32. The number of amides is 1. The third kappa shape index (κ3) is 3.68. The van der Waals surface area contributed by atoms with Gasteiger partial charge in [-0.05, 0) is 60.9 Å². The smallest absolute Gasteiger partial charge is 0.251 e. The number of rotatable bonds is 4. The quantitative estimate of drug-likeness (QED) is 0.692. The van der Waals surface area contributed by atoms with Crippen LogP contribution >= 0.6 is 0 Å². The number of benzene rings is 2. The van der Waals surface area contributed by atoms with Gasteiger partial charge in [0.2, 0.25) is 6.79 Å². The molecule has 154 valence electrons. The highest BCUT2D eigenvalue weighted by atomic mass is 19.1. The first-order valence-corrected chi connectivity index (χ1v) is 9.92. The Kier molecular flexibility index (Phi) is 4.74. The number of halogens is 1. The number of nitrogens with one attached hydrogen (secondary N) is 2. The summed E-state index contributed by atoms with van der Waals surface area (Å²) in [6, 6.07) is 13.5. The van der Waals surface area contributed by atoms with Crippen LogP contribution in [0.2, 0.25) is 0 Å². The zero-order valence-electron chi connectivity index (χ0n) is 16.2. The summed E-state index contributed by atoms with van der Waals surface area (Å²) in [5.74, 6) is 1.67. The lowest BCUT2D eigenvalue weighted by Crippen LogP contribution is -2.48. The molecule has 2 N–H and O–H groups in total. The summed E-state index contributed by atoms with van der Waals surface area (Å²) in [6.45, 7) is 1.72. The molecule has 0 radical (unpaired) electrons. The molecule has 8 heteroatoms. The Morgan fingerprint density at radius 1 is 1.13 bits per heavy atom. The van der Waals surface area contributed by atoms with Gasteiger partial charge in [-0.15, -0.1) is 0 Å². The van der Waals surface area contributed by atoms with Crippen LogP contribution in [0.4, 0.5) is 10.2 Å². The number of nitrogens with zero attached hydrogens (tertiary/aromatic N) is 2. The van der Waals surface area contributed by atoms with Gasteiger partial charge in [-0.3, -0.25) is 9.89 Å². The number of aromatic nitrogens is 2. The Bertz CT molecular complexity index is 1070. The van der Waals surface area contributed by atoms with Gasteiger partial charge in [0.05, 0.1) is 5.69 Å². The van der Waals surface area contributed by atoms with Gasteiger partial charge >= 0.3 is 0 Å². The molecule has 0 saturated carbocycles. The van der Waals surface area contributed by atoms with E-state index in [0.717, 1.165) is 36.5 Å². The van der Waals surface area contributed by atoms with Crippen molar-refractivity contribution in [3.8, 4) is 22.8 Å². The van der Waals surface area contributed by atoms with Gasteiger partial charge < -0.3 is 19.7 Å². The first kappa shape index (κ1) is 18.5.